The largest absolute Gasteiger partial charge is 0.497 e. The first-order valence-electron chi connectivity index (χ1n) is 7.80. The fourth-order valence-corrected chi connectivity index (χ4v) is 2.58. The molecule has 0 bridgehead atoms. The number of benzene rings is 3. The van der Waals surface area contributed by atoms with Crippen LogP contribution >= 0.6 is 0 Å². The van der Waals surface area contributed by atoms with Gasteiger partial charge in [-0.3, -0.25) is 9.59 Å². The summed E-state index contributed by atoms with van der Waals surface area (Å²) in [6, 6.07) is 22.4. The van der Waals surface area contributed by atoms with Crippen molar-refractivity contribution in [3.63, 3.8) is 0 Å². The van der Waals surface area contributed by atoms with Crippen LogP contribution in [-0.4, -0.2) is 19.7 Å². The SMILES string of the molecule is COc1ccc(N(c2ccc(C=O)cc2)c2ccc(C=O)cc2)cc1. The highest BCUT2D eigenvalue weighted by Crippen LogP contribution is 2.35. The molecule has 0 unspecified atom stereocenters. The van der Waals surface area contributed by atoms with Gasteiger partial charge in [0.05, 0.1) is 7.11 Å². The van der Waals surface area contributed by atoms with Gasteiger partial charge in [-0.1, -0.05) is 0 Å². The lowest BCUT2D eigenvalue weighted by Gasteiger charge is -2.25. The Morgan fingerprint density at radius 1 is 0.640 bits per heavy atom. The molecule has 0 amide bonds. The van der Waals surface area contributed by atoms with Crippen molar-refractivity contribution >= 4 is 29.6 Å². The zero-order valence-electron chi connectivity index (χ0n) is 13.8. The third kappa shape index (κ3) is 3.58. The number of carbonyl (C=O) groups is 2. The molecule has 3 aromatic rings. The van der Waals surface area contributed by atoms with Crippen LogP contribution in [-0.2, 0) is 0 Å². The van der Waals surface area contributed by atoms with E-state index in [0.29, 0.717) is 11.1 Å². The van der Waals surface area contributed by atoms with E-state index in [4.69, 9.17) is 4.74 Å². The number of anilines is 3. The molecule has 0 saturated heterocycles. The molecule has 0 fully saturated rings. The molecular formula is C21H17NO3. The molecule has 0 atom stereocenters. The first-order chi connectivity index (χ1) is 12.2. The van der Waals surface area contributed by atoms with Gasteiger partial charge in [0.2, 0.25) is 0 Å². The van der Waals surface area contributed by atoms with Gasteiger partial charge >= 0.3 is 0 Å². The minimum Gasteiger partial charge on any atom is -0.497 e. The summed E-state index contributed by atoms with van der Waals surface area (Å²) in [5.41, 5.74) is 4.01. The third-order valence-electron chi connectivity index (χ3n) is 3.91. The second-order valence-electron chi connectivity index (χ2n) is 5.45. The molecule has 0 aliphatic heterocycles. The first-order valence-corrected chi connectivity index (χ1v) is 7.80. The van der Waals surface area contributed by atoms with Gasteiger partial charge in [0.25, 0.3) is 0 Å². The molecule has 0 N–H and O–H groups in total. The summed E-state index contributed by atoms with van der Waals surface area (Å²) in [6.45, 7) is 0. The molecule has 3 rings (SSSR count). The number of carbonyl (C=O) groups excluding carboxylic acids is 2. The average molecular weight is 331 g/mol. The van der Waals surface area contributed by atoms with Gasteiger partial charge in [-0.05, 0) is 72.8 Å². The summed E-state index contributed by atoms with van der Waals surface area (Å²) in [6.07, 6.45) is 1.64. The van der Waals surface area contributed by atoms with Gasteiger partial charge in [-0.2, -0.15) is 0 Å². The van der Waals surface area contributed by atoms with Crippen LogP contribution in [0.5, 0.6) is 5.75 Å². The normalized spacial score (nSPS) is 10.1. The standard InChI is InChI=1S/C21H17NO3/c1-25-21-12-10-20(11-13-21)22(18-6-2-16(14-23)3-7-18)19-8-4-17(15-24)5-9-19/h2-15H,1H3. The van der Waals surface area contributed by atoms with Gasteiger partial charge in [0.1, 0.15) is 18.3 Å². The maximum Gasteiger partial charge on any atom is 0.150 e. The molecule has 0 saturated carbocycles. The number of methoxy groups -OCH3 is 1. The summed E-state index contributed by atoms with van der Waals surface area (Å²) in [5, 5.41) is 0. The molecule has 25 heavy (non-hydrogen) atoms. The molecule has 0 heterocycles. The highest BCUT2D eigenvalue weighted by atomic mass is 16.5. The molecule has 0 radical (unpaired) electrons. The van der Waals surface area contributed by atoms with Crippen molar-refractivity contribution < 1.29 is 14.3 Å². The van der Waals surface area contributed by atoms with E-state index in [1.165, 1.54) is 0 Å². The molecule has 0 aromatic heterocycles. The molecule has 0 aliphatic carbocycles. The van der Waals surface area contributed by atoms with Crippen molar-refractivity contribution in [2.75, 3.05) is 12.0 Å². The predicted octanol–water partition coefficient (Wildman–Crippen LogP) is 4.79. The summed E-state index contributed by atoms with van der Waals surface area (Å²) in [5.74, 6) is 0.774. The molecule has 4 nitrogen and oxygen atoms in total. The van der Waals surface area contributed by atoms with E-state index in [1.807, 2.05) is 53.4 Å². The van der Waals surface area contributed by atoms with Gasteiger partial charge in [0, 0.05) is 28.2 Å². The maximum absolute atomic E-state index is 10.9. The number of rotatable bonds is 6. The van der Waals surface area contributed by atoms with Crippen LogP contribution in [0.25, 0.3) is 0 Å². The summed E-state index contributed by atoms with van der Waals surface area (Å²) < 4.78 is 5.22. The number of hydrogen-bond donors (Lipinski definition) is 0. The lowest BCUT2D eigenvalue weighted by Crippen LogP contribution is -2.10. The highest BCUT2D eigenvalue weighted by Gasteiger charge is 2.12. The Labute approximate surface area is 146 Å². The van der Waals surface area contributed by atoms with Crippen LogP contribution in [0.1, 0.15) is 20.7 Å². The number of ether oxygens (including phenoxy) is 1. The van der Waals surface area contributed by atoms with Gasteiger partial charge in [0.15, 0.2) is 0 Å². The van der Waals surface area contributed by atoms with Crippen LogP contribution in [0, 0.1) is 0 Å². The quantitative estimate of drug-likeness (QED) is 0.609. The second-order valence-corrected chi connectivity index (χ2v) is 5.45. The van der Waals surface area contributed by atoms with E-state index in [2.05, 4.69) is 0 Å². The zero-order valence-corrected chi connectivity index (χ0v) is 13.8. The Balaban J connectivity index is 2.07. The van der Waals surface area contributed by atoms with Crippen molar-refractivity contribution in [1.29, 1.82) is 0 Å². The van der Waals surface area contributed by atoms with E-state index in [-0.39, 0.29) is 0 Å². The van der Waals surface area contributed by atoms with Crippen LogP contribution in [0.4, 0.5) is 17.1 Å². The van der Waals surface area contributed by atoms with Crippen molar-refractivity contribution in [2.45, 2.75) is 0 Å². The Kier molecular flexibility index (Phi) is 4.90. The van der Waals surface area contributed by atoms with Gasteiger partial charge in [-0.15, -0.1) is 0 Å². The molecule has 0 aliphatic rings. The maximum atomic E-state index is 10.9. The van der Waals surface area contributed by atoms with Crippen molar-refractivity contribution in [3.8, 4) is 5.75 Å². The van der Waals surface area contributed by atoms with Crippen molar-refractivity contribution in [3.05, 3.63) is 83.9 Å². The zero-order chi connectivity index (χ0) is 17.6. The Hall–Kier alpha value is -3.40. The lowest BCUT2D eigenvalue weighted by atomic mass is 10.1. The lowest BCUT2D eigenvalue weighted by molar-refractivity contribution is 0.111. The van der Waals surface area contributed by atoms with Crippen LogP contribution in [0.3, 0.4) is 0 Å². The van der Waals surface area contributed by atoms with E-state index in [0.717, 1.165) is 35.4 Å². The molecule has 124 valence electrons. The van der Waals surface area contributed by atoms with Crippen molar-refractivity contribution in [1.82, 2.24) is 0 Å². The predicted molar refractivity (Wildman–Crippen MR) is 98.5 cm³/mol. The Bertz CT molecular complexity index is 802. The Morgan fingerprint density at radius 2 is 1.00 bits per heavy atom. The molecule has 3 aromatic carbocycles. The summed E-state index contributed by atoms with van der Waals surface area (Å²) in [7, 11) is 1.63. The third-order valence-corrected chi connectivity index (χ3v) is 3.91. The number of hydrogen-bond acceptors (Lipinski definition) is 4. The van der Waals surface area contributed by atoms with Gasteiger partial charge < -0.3 is 9.64 Å². The van der Waals surface area contributed by atoms with Crippen LogP contribution in [0.2, 0.25) is 0 Å². The van der Waals surface area contributed by atoms with E-state index < -0.39 is 0 Å². The fraction of sp³-hybridized carbons (Fsp3) is 0.0476. The minimum atomic E-state index is 0.620. The van der Waals surface area contributed by atoms with Crippen molar-refractivity contribution in [2.24, 2.45) is 0 Å². The summed E-state index contributed by atoms with van der Waals surface area (Å²) in [4.78, 5) is 23.9. The fourth-order valence-electron chi connectivity index (χ4n) is 2.58. The number of nitrogens with zero attached hydrogens (tertiary/aromatic N) is 1. The Morgan fingerprint density at radius 3 is 1.32 bits per heavy atom. The highest BCUT2D eigenvalue weighted by molar-refractivity contribution is 5.82. The average Bonchev–Trinajstić information content (AvgIpc) is 2.70. The molecule has 4 heteroatoms. The monoisotopic (exact) mass is 331 g/mol. The second kappa shape index (κ2) is 7.45. The number of aldehydes is 2. The molecular weight excluding hydrogens is 314 g/mol. The van der Waals surface area contributed by atoms with Crippen LogP contribution in [0.15, 0.2) is 72.8 Å². The first kappa shape index (κ1) is 16.5. The van der Waals surface area contributed by atoms with E-state index in [1.54, 1.807) is 31.4 Å². The topological polar surface area (TPSA) is 46.6 Å². The summed E-state index contributed by atoms with van der Waals surface area (Å²) >= 11 is 0. The van der Waals surface area contributed by atoms with Gasteiger partial charge in [-0.25, -0.2) is 0 Å². The van der Waals surface area contributed by atoms with E-state index in [9.17, 15) is 9.59 Å². The smallest absolute Gasteiger partial charge is 0.150 e. The van der Waals surface area contributed by atoms with Crippen LogP contribution < -0.4 is 9.64 Å². The molecule has 0 spiro atoms. The minimum absolute atomic E-state index is 0.620. The van der Waals surface area contributed by atoms with E-state index >= 15 is 0 Å².